The van der Waals surface area contributed by atoms with Crippen molar-refractivity contribution in [1.29, 1.82) is 0 Å². The Morgan fingerprint density at radius 2 is 2.00 bits per heavy atom. The Hall–Kier alpha value is -2.66. The van der Waals surface area contributed by atoms with Crippen LogP contribution in [0.5, 0.6) is 0 Å². The molecule has 3 aromatic rings. The van der Waals surface area contributed by atoms with Gasteiger partial charge in [-0.05, 0) is 36.6 Å². The Labute approximate surface area is 134 Å². The van der Waals surface area contributed by atoms with Crippen LogP contribution in [0.2, 0.25) is 0 Å². The zero-order valence-corrected chi connectivity index (χ0v) is 12.6. The van der Waals surface area contributed by atoms with E-state index in [1.165, 1.54) is 5.56 Å². The van der Waals surface area contributed by atoms with Gasteiger partial charge in [0.1, 0.15) is 0 Å². The maximum atomic E-state index is 12.5. The van der Waals surface area contributed by atoms with E-state index in [9.17, 15) is 4.79 Å². The first kappa shape index (κ1) is 14.0. The quantitative estimate of drug-likeness (QED) is 0.696. The molecule has 0 spiro atoms. The molecular formula is C18H18N4O. The maximum absolute atomic E-state index is 12.5. The molecule has 1 aliphatic rings. The van der Waals surface area contributed by atoms with Crippen molar-refractivity contribution in [3.8, 4) is 0 Å². The lowest BCUT2D eigenvalue weighted by atomic mass is 10.1. The molecule has 1 amide bonds. The van der Waals surface area contributed by atoms with E-state index < -0.39 is 0 Å². The number of nitrogens with zero attached hydrogens (tertiary/aromatic N) is 1. The molecule has 2 aromatic carbocycles. The predicted octanol–water partition coefficient (Wildman–Crippen LogP) is 2.99. The molecule has 2 atom stereocenters. The molecule has 5 nitrogen and oxygen atoms in total. The van der Waals surface area contributed by atoms with Crippen LogP contribution in [-0.4, -0.2) is 22.1 Å². The molecule has 0 radical (unpaired) electrons. The average Bonchev–Trinajstić information content (AvgIpc) is 3.24. The van der Waals surface area contributed by atoms with Crippen LogP contribution in [0.4, 0.5) is 5.69 Å². The third kappa shape index (κ3) is 2.83. The van der Waals surface area contributed by atoms with E-state index >= 15 is 0 Å². The second-order valence-electron chi connectivity index (χ2n) is 5.92. The molecule has 116 valence electrons. The lowest BCUT2D eigenvalue weighted by molar-refractivity contribution is -0.117. The number of carbonyl (C=O) groups is 1. The third-order valence-corrected chi connectivity index (χ3v) is 4.37. The van der Waals surface area contributed by atoms with Gasteiger partial charge in [0.05, 0.1) is 17.8 Å². The number of hydrogen-bond donors (Lipinski definition) is 3. The minimum atomic E-state index is -0.153. The summed E-state index contributed by atoms with van der Waals surface area (Å²) >= 11 is 0. The number of aromatic amines is 1. The monoisotopic (exact) mass is 306 g/mol. The summed E-state index contributed by atoms with van der Waals surface area (Å²) in [7, 11) is 0. The number of carbonyl (C=O) groups excluding carboxylic acids is 1. The molecule has 1 fully saturated rings. The maximum Gasteiger partial charge on any atom is 0.241 e. The standard InChI is InChI=1S/C18H18N4O/c23-18(20-14-6-7-16-13(10-14)11-19-22-16)17-9-8-15(21-17)12-4-2-1-3-5-12/h1-7,10-11,15,17,21H,8-9H2,(H,19,22)(H,20,23)/t15-,17+/m1/s1. The van der Waals surface area contributed by atoms with E-state index in [0.717, 1.165) is 29.4 Å². The number of amides is 1. The van der Waals surface area contributed by atoms with Crippen molar-refractivity contribution >= 4 is 22.5 Å². The van der Waals surface area contributed by atoms with Gasteiger partial charge in [0.15, 0.2) is 0 Å². The van der Waals surface area contributed by atoms with E-state index in [1.807, 2.05) is 36.4 Å². The van der Waals surface area contributed by atoms with Gasteiger partial charge in [-0.2, -0.15) is 5.10 Å². The molecule has 23 heavy (non-hydrogen) atoms. The average molecular weight is 306 g/mol. The number of anilines is 1. The number of rotatable bonds is 3. The van der Waals surface area contributed by atoms with E-state index in [2.05, 4.69) is 33.0 Å². The minimum absolute atomic E-state index is 0.0197. The number of H-pyrrole nitrogens is 1. The van der Waals surface area contributed by atoms with Crippen LogP contribution in [0.25, 0.3) is 10.9 Å². The van der Waals surface area contributed by atoms with Crippen molar-refractivity contribution in [3.63, 3.8) is 0 Å². The van der Waals surface area contributed by atoms with Crippen molar-refractivity contribution in [2.75, 3.05) is 5.32 Å². The molecule has 4 rings (SSSR count). The SMILES string of the molecule is O=C(Nc1ccc2[nH]ncc2c1)[C@@H]1CC[C@H](c2ccccc2)N1. The minimum Gasteiger partial charge on any atom is -0.325 e. The molecule has 2 heterocycles. The zero-order chi connectivity index (χ0) is 15.6. The summed E-state index contributed by atoms with van der Waals surface area (Å²) in [5, 5.41) is 14.3. The number of aromatic nitrogens is 2. The lowest BCUT2D eigenvalue weighted by Gasteiger charge is -2.15. The fraction of sp³-hybridized carbons (Fsp3) is 0.222. The van der Waals surface area contributed by atoms with Crippen molar-refractivity contribution < 1.29 is 4.79 Å². The summed E-state index contributed by atoms with van der Waals surface area (Å²) in [5.74, 6) is 0.0197. The molecule has 1 aliphatic heterocycles. The summed E-state index contributed by atoms with van der Waals surface area (Å²) in [5.41, 5.74) is 3.00. The van der Waals surface area contributed by atoms with E-state index in [1.54, 1.807) is 6.20 Å². The van der Waals surface area contributed by atoms with Crippen LogP contribution in [0.15, 0.2) is 54.7 Å². The predicted molar refractivity (Wildman–Crippen MR) is 90.1 cm³/mol. The van der Waals surface area contributed by atoms with E-state index in [-0.39, 0.29) is 18.0 Å². The second kappa shape index (κ2) is 5.85. The van der Waals surface area contributed by atoms with E-state index in [4.69, 9.17) is 0 Å². The first-order chi connectivity index (χ1) is 11.3. The van der Waals surface area contributed by atoms with Crippen molar-refractivity contribution in [2.45, 2.75) is 24.9 Å². The Kier molecular flexibility index (Phi) is 3.55. The lowest BCUT2D eigenvalue weighted by Crippen LogP contribution is -2.36. The van der Waals surface area contributed by atoms with Crippen LogP contribution in [0.1, 0.15) is 24.4 Å². The van der Waals surface area contributed by atoms with Gasteiger partial charge in [-0.1, -0.05) is 30.3 Å². The number of hydrogen-bond acceptors (Lipinski definition) is 3. The first-order valence-electron chi connectivity index (χ1n) is 7.84. The normalized spacial score (nSPS) is 20.7. The molecule has 1 saturated heterocycles. The fourth-order valence-corrected chi connectivity index (χ4v) is 3.15. The van der Waals surface area contributed by atoms with Gasteiger partial charge in [-0.3, -0.25) is 15.2 Å². The van der Waals surface area contributed by atoms with Gasteiger partial charge >= 0.3 is 0 Å². The Morgan fingerprint density at radius 1 is 1.13 bits per heavy atom. The highest BCUT2D eigenvalue weighted by atomic mass is 16.2. The Bertz CT molecular complexity index is 827. The Balaban J connectivity index is 1.43. The largest absolute Gasteiger partial charge is 0.325 e. The summed E-state index contributed by atoms with van der Waals surface area (Å²) in [6.45, 7) is 0. The molecular weight excluding hydrogens is 288 g/mol. The molecule has 0 saturated carbocycles. The molecule has 0 unspecified atom stereocenters. The molecule has 1 aromatic heterocycles. The molecule has 3 N–H and O–H groups in total. The number of benzene rings is 2. The van der Waals surface area contributed by atoms with Gasteiger partial charge in [-0.15, -0.1) is 0 Å². The number of nitrogens with one attached hydrogen (secondary N) is 3. The molecule has 5 heteroatoms. The summed E-state index contributed by atoms with van der Waals surface area (Å²) in [6, 6.07) is 16.1. The topological polar surface area (TPSA) is 69.8 Å². The molecule has 0 aliphatic carbocycles. The van der Waals surface area contributed by atoms with Gasteiger partial charge in [0, 0.05) is 17.1 Å². The van der Waals surface area contributed by atoms with Crippen LogP contribution in [0, 0.1) is 0 Å². The van der Waals surface area contributed by atoms with E-state index in [0.29, 0.717) is 0 Å². The Morgan fingerprint density at radius 3 is 2.87 bits per heavy atom. The molecule has 0 bridgehead atoms. The van der Waals surface area contributed by atoms with Crippen molar-refractivity contribution in [1.82, 2.24) is 15.5 Å². The smallest absolute Gasteiger partial charge is 0.241 e. The third-order valence-electron chi connectivity index (χ3n) is 4.37. The van der Waals surface area contributed by atoms with Crippen LogP contribution in [0.3, 0.4) is 0 Å². The van der Waals surface area contributed by atoms with Crippen LogP contribution in [-0.2, 0) is 4.79 Å². The summed E-state index contributed by atoms with van der Waals surface area (Å²) < 4.78 is 0. The van der Waals surface area contributed by atoms with Gasteiger partial charge in [0.2, 0.25) is 5.91 Å². The zero-order valence-electron chi connectivity index (χ0n) is 12.6. The summed E-state index contributed by atoms with van der Waals surface area (Å²) in [6.07, 6.45) is 3.58. The highest BCUT2D eigenvalue weighted by Gasteiger charge is 2.29. The van der Waals surface area contributed by atoms with Crippen molar-refractivity contribution in [2.24, 2.45) is 0 Å². The fourth-order valence-electron chi connectivity index (χ4n) is 3.15. The van der Waals surface area contributed by atoms with Crippen LogP contribution < -0.4 is 10.6 Å². The number of fused-ring (bicyclic) bond motifs is 1. The highest BCUT2D eigenvalue weighted by Crippen LogP contribution is 2.27. The summed E-state index contributed by atoms with van der Waals surface area (Å²) in [4.78, 5) is 12.5. The van der Waals surface area contributed by atoms with Crippen LogP contribution >= 0.6 is 0 Å². The highest BCUT2D eigenvalue weighted by molar-refractivity contribution is 5.96. The van der Waals surface area contributed by atoms with Crippen molar-refractivity contribution in [3.05, 3.63) is 60.3 Å². The first-order valence-corrected chi connectivity index (χ1v) is 7.84. The second-order valence-corrected chi connectivity index (χ2v) is 5.92. The van der Waals surface area contributed by atoms with Gasteiger partial charge < -0.3 is 5.32 Å². The van der Waals surface area contributed by atoms with Gasteiger partial charge in [-0.25, -0.2) is 0 Å². The van der Waals surface area contributed by atoms with Gasteiger partial charge in [0.25, 0.3) is 0 Å².